The first-order valence-corrected chi connectivity index (χ1v) is 8.44. The molecule has 0 unspecified atom stereocenters. The van der Waals surface area contributed by atoms with Crippen molar-refractivity contribution in [2.24, 2.45) is 0 Å². The van der Waals surface area contributed by atoms with Gasteiger partial charge in [-0.1, -0.05) is 12.1 Å². The van der Waals surface area contributed by atoms with Crippen molar-refractivity contribution in [2.45, 2.75) is 13.0 Å². The van der Waals surface area contributed by atoms with E-state index >= 15 is 0 Å². The highest BCUT2D eigenvalue weighted by atomic mass is 32.1. The number of aromatic nitrogens is 1. The first-order valence-electron chi connectivity index (χ1n) is 7.62. The Hall–Kier alpha value is -2.66. The topological polar surface area (TPSA) is 51.2 Å². The van der Waals surface area contributed by atoms with Crippen LogP contribution in [-0.4, -0.2) is 18.0 Å². The molecule has 2 aromatic heterocycles. The fourth-order valence-corrected chi connectivity index (χ4v) is 3.31. The number of carbonyl (C=O) groups is 1. The van der Waals surface area contributed by atoms with Crippen molar-refractivity contribution in [1.29, 1.82) is 0 Å². The van der Waals surface area contributed by atoms with Gasteiger partial charge in [0, 0.05) is 17.3 Å². The number of methoxy groups -OCH3 is 1. The van der Waals surface area contributed by atoms with Gasteiger partial charge in [-0.3, -0.25) is 9.78 Å². The molecular weight excluding hydrogens is 320 g/mol. The van der Waals surface area contributed by atoms with Crippen molar-refractivity contribution in [2.75, 3.05) is 7.11 Å². The van der Waals surface area contributed by atoms with E-state index in [-0.39, 0.29) is 11.9 Å². The molecular formula is C19H18N2O2S. The highest BCUT2D eigenvalue weighted by Gasteiger charge is 2.14. The molecule has 122 valence electrons. The molecule has 0 aliphatic carbocycles. The SMILES string of the molecule is COc1cccc([C@@H](C)NC(=O)c2ccc(-c3ccncc3)s2)c1. The lowest BCUT2D eigenvalue weighted by molar-refractivity contribution is 0.0944. The van der Waals surface area contributed by atoms with Crippen LogP contribution < -0.4 is 10.1 Å². The second-order valence-electron chi connectivity index (χ2n) is 5.37. The van der Waals surface area contributed by atoms with Gasteiger partial charge in [-0.25, -0.2) is 0 Å². The number of rotatable bonds is 5. The zero-order valence-corrected chi connectivity index (χ0v) is 14.3. The molecule has 0 bridgehead atoms. The smallest absolute Gasteiger partial charge is 0.261 e. The molecule has 0 saturated carbocycles. The average Bonchev–Trinajstić information content (AvgIpc) is 3.13. The number of nitrogens with zero attached hydrogens (tertiary/aromatic N) is 1. The van der Waals surface area contributed by atoms with Gasteiger partial charge in [0.25, 0.3) is 5.91 Å². The summed E-state index contributed by atoms with van der Waals surface area (Å²) in [5.74, 6) is 0.709. The summed E-state index contributed by atoms with van der Waals surface area (Å²) in [6, 6.07) is 15.3. The van der Waals surface area contributed by atoms with Crippen LogP contribution in [0.3, 0.4) is 0 Å². The predicted octanol–water partition coefficient (Wildman–Crippen LogP) is 4.31. The van der Waals surface area contributed by atoms with E-state index in [0.29, 0.717) is 4.88 Å². The molecule has 4 nitrogen and oxygen atoms in total. The predicted molar refractivity (Wildman–Crippen MR) is 96.4 cm³/mol. The van der Waals surface area contributed by atoms with Crippen LogP contribution in [-0.2, 0) is 0 Å². The van der Waals surface area contributed by atoms with E-state index in [4.69, 9.17) is 4.74 Å². The molecule has 2 heterocycles. The number of thiophene rings is 1. The number of pyridine rings is 1. The second kappa shape index (κ2) is 7.27. The zero-order chi connectivity index (χ0) is 16.9. The molecule has 1 aromatic carbocycles. The van der Waals surface area contributed by atoms with Crippen molar-refractivity contribution in [3.63, 3.8) is 0 Å². The Balaban J connectivity index is 1.72. The molecule has 1 amide bonds. The maximum absolute atomic E-state index is 12.5. The van der Waals surface area contributed by atoms with Crippen molar-refractivity contribution in [1.82, 2.24) is 10.3 Å². The molecule has 3 aromatic rings. The van der Waals surface area contributed by atoms with Crippen molar-refractivity contribution >= 4 is 17.2 Å². The molecule has 0 aliphatic rings. The number of nitrogens with one attached hydrogen (secondary N) is 1. The summed E-state index contributed by atoms with van der Waals surface area (Å²) < 4.78 is 5.23. The summed E-state index contributed by atoms with van der Waals surface area (Å²) >= 11 is 1.47. The van der Waals surface area contributed by atoms with Crippen LogP contribution in [0.15, 0.2) is 60.9 Å². The Morgan fingerprint density at radius 3 is 2.71 bits per heavy atom. The largest absolute Gasteiger partial charge is 0.497 e. The van der Waals surface area contributed by atoms with Crippen LogP contribution in [0.25, 0.3) is 10.4 Å². The van der Waals surface area contributed by atoms with E-state index in [9.17, 15) is 4.79 Å². The molecule has 1 N–H and O–H groups in total. The molecule has 3 rings (SSSR count). The molecule has 0 fully saturated rings. The third-order valence-electron chi connectivity index (χ3n) is 3.74. The fourth-order valence-electron chi connectivity index (χ4n) is 2.39. The zero-order valence-electron chi connectivity index (χ0n) is 13.5. The highest BCUT2D eigenvalue weighted by Crippen LogP contribution is 2.28. The minimum absolute atomic E-state index is 0.0735. The van der Waals surface area contributed by atoms with Gasteiger partial charge in [-0.05, 0) is 54.4 Å². The van der Waals surface area contributed by atoms with Gasteiger partial charge in [-0.15, -0.1) is 11.3 Å². The Bertz CT molecular complexity index is 830. The Labute approximate surface area is 145 Å². The van der Waals surface area contributed by atoms with Crippen LogP contribution in [0.1, 0.15) is 28.2 Å². The second-order valence-corrected chi connectivity index (χ2v) is 6.46. The van der Waals surface area contributed by atoms with Crippen LogP contribution in [0.2, 0.25) is 0 Å². The van der Waals surface area contributed by atoms with Gasteiger partial charge < -0.3 is 10.1 Å². The summed E-state index contributed by atoms with van der Waals surface area (Å²) in [4.78, 5) is 18.2. The molecule has 0 radical (unpaired) electrons. The summed E-state index contributed by atoms with van der Waals surface area (Å²) in [6.07, 6.45) is 3.50. The van der Waals surface area contributed by atoms with E-state index < -0.39 is 0 Å². The van der Waals surface area contributed by atoms with E-state index in [1.54, 1.807) is 19.5 Å². The van der Waals surface area contributed by atoms with Crippen LogP contribution in [0.4, 0.5) is 0 Å². The molecule has 5 heteroatoms. The van der Waals surface area contributed by atoms with E-state index in [1.165, 1.54) is 11.3 Å². The molecule has 0 saturated heterocycles. The molecule has 1 atom stereocenters. The number of benzene rings is 1. The lowest BCUT2D eigenvalue weighted by Crippen LogP contribution is -2.25. The van der Waals surface area contributed by atoms with E-state index in [1.807, 2.05) is 55.5 Å². The lowest BCUT2D eigenvalue weighted by Gasteiger charge is -2.14. The van der Waals surface area contributed by atoms with Crippen LogP contribution in [0.5, 0.6) is 5.75 Å². The fraction of sp³-hybridized carbons (Fsp3) is 0.158. The normalized spacial score (nSPS) is 11.8. The third kappa shape index (κ3) is 3.63. The Kier molecular flexibility index (Phi) is 4.91. The minimum Gasteiger partial charge on any atom is -0.497 e. The third-order valence-corrected chi connectivity index (χ3v) is 4.87. The minimum atomic E-state index is -0.0981. The lowest BCUT2D eigenvalue weighted by atomic mass is 10.1. The first-order chi connectivity index (χ1) is 11.7. The maximum atomic E-state index is 12.5. The van der Waals surface area contributed by atoms with Gasteiger partial charge >= 0.3 is 0 Å². The monoisotopic (exact) mass is 338 g/mol. The van der Waals surface area contributed by atoms with Gasteiger partial charge in [0.15, 0.2) is 0 Å². The van der Waals surface area contributed by atoms with Crippen molar-refractivity contribution in [3.8, 4) is 16.2 Å². The number of carbonyl (C=O) groups excluding carboxylic acids is 1. The van der Waals surface area contributed by atoms with Crippen LogP contribution >= 0.6 is 11.3 Å². The van der Waals surface area contributed by atoms with Crippen molar-refractivity contribution < 1.29 is 9.53 Å². The van der Waals surface area contributed by atoms with Gasteiger partial charge in [0.2, 0.25) is 0 Å². The summed E-state index contributed by atoms with van der Waals surface area (Å²) in [5, 5.41) is 3.03. The number of hydrogen-bond acceptors (Lipinski definition) is 4. The summed E-state index contributed by atoms with van der Waals surface area (Å²) in [6.45, 7) is 1.96. The number of ether oxygens (including phenoxy) is 1. The summed E-state index contributed by atoms with van der Waals surface area (Å²) in [5.41, 5.74) is 2.07. The average molecular weight is 338 g/mol. The first kappa shape index (κ1) is 16.2. The molecule has 0 aliphatic heterocycles. The van der Waals surface area contributed by atoms with Gasteiger partial charge in [-0.2, -0.15) is 0 Å². The standard InChI is InChI=1S/C19H18N2O2S/c1-13(15-4-3-5-16(12-15)23-2)21-19(22)18-7-6-17(24-18)14-8-10-20-11-9-14/h3-13H,1-2H3,(H,21,22)/t13-/m1/s1. The van der Waals surface area contributed by atoms with E-state index in [2.05, 4.69) is 10.3 Å². The maximum Gasteiger partial charge on any atom is 0.261 e. The summed E-state index contributed by atoms with van der Waals surface area (Å²) in [7, 11) is 1.63. The van der Waals surface area contributed by atoms with Gasteiger partial charge in [0.1, 0.15) is 5.75 Å². The van der Waals surface area contributed by atoms with E-state index in [0.717, 1.165) is 21.8 Å². The van der Waals surface area contributed by atoms with Gasteiger partial charge in [0.05, 0.1) is 18.0 Å². The highest BCUT2D eigenvalue weighted by molar-refractivity contribution is 7.17. The molecule has 24 heavy (non-hydrogen) atoms. The quantitative estimate of drug-likeness (QED) is 0.754. The molecule has 0 spiro atoms. The number of hydrogen-bond donors (Lipinski definition) is 1. The number of amides is 1. The van der Waals surface area contributed by atoms with Crippen LogP contribution in [0, 0.1) is 0 Å². The van der Waals surface area contributed by atoms with Crippen molar-refractivity contribution in [3.05, 3.63) is 71.4 Å². The Morgan fingerprint density at radius 1 is 1.17 bits per heavy atom. The Morgan fingerprint density at radius 2 is 1.96 bits per heavy atom.